The number of nitrogens with one attached hydrogen (secondary N) is 1. The first-order valence-corrected chi connectivity index (χ1v) is 8.03. The molecular weight excluding hydrogens is 230 g/mol. The zero-order chi connectivity index (χ0) is 13.5. The molecule has 1 aromatic carbocycles. The van der Waals surface area contributed by atoms with E-state index >= 15 is 0 Å². The fraction of sp³-hybridized carbons (Fsp3) is 0.667. The van der Waals surface area contributed by atoms with Gasteiger partial charge in [0.25, 0.3) is 0 Å². The molecule has 1 saturated carbocycles. The second kappa shape index (κ2) is 7.69. The minimum atomic E-state index is 0.780. The molecule has 0 saturated heterocycles. The third-order valence-electron chi connectivity index (χ3n) is 4.77. The van der Waals surface area contributed by atoms with Crippen molar-refractivity contribution < 1.29 is 0 Å². The first-order chi connectivity index (χ1) is 9.25. The number of aryl methyl sites for hydroxylation is 1. The SMILES string of the molecule is CC1CCC(NCCCCc2ccccc2)CC1C. The van der Waals surface area contributed by atoms with Crippen LogP contribution in [-0.2, 0) is 6.42 Å². The first-order valence-electron chi connectivity index (χ1n) is 8.03. The van der Waals surface area contributed by atoms with E-state index < -0.39 is 0 Å². The van der Waals surface area contributed by atoms with E-state index in [2.05, 4.69) is 49.5 Å². The molecular formula is C18H29N. The van der Waals surface area contributed by atoms with Gasteiger partial charge in [-0.2, -0.15) is 0 Å². The van der Waals surface area contributed by atoms with Crippen LogP contribution in [0.1, 0.15) is 51.5 Å². The van der Waals surface area contributed by atoms with Gasteiger partial charge in [0, 0.05) is 6.04 Å². The smallest absolute Gasteiger partial charge is 0.00698 e. The fourth-order valence-corrected chi connectivity index (χ4v) is 3.14. The maximum absolute atomic E-state index is 3.76. The van der Waals surface area contributed by atoms with E-state index in [1.807, 2.05) is 0 Å². The normalized spacial score (nSPS) is 27.4. The summed E-state index contributed by atoms with van der Waals surface area (Å²) in [5.41, 5.74) is 1.47. The molecule has 1 nitrogen and oxygen atoms in total. The third-order valence-corrected chi connectivity index (χ3v) is 4.77. The number of rotatable bonds is 6. The summed E-state index contributed by atoms with van der Waals surface area (Å²) < 4.78 is 0. The molecule has 1 fully saturated rings. The van der Waals surface area contributed by atoms with Gasteiger partial charge in [-0.1, -0.05) is 44.2 Å². The van der Waals surface area contributed by atoms with Gasteiger partial charge in [0.1, 0.15) is 0 Å². The van der Waals surface area contributed by atoms with Gasteiger partial charge in [-0.25, -0.2) is 0 Å². The summed E-state index contributed by atoms with van der Waals surface area (Å²) in [6.45, 7) is 6.01. The van der Waals surface area contributed by atoms with Crippen LogP contribution in [0.2, 0.25) is 0 Å². The standard InChI is InChI=1S/C18H29N/c1-15-11-12-18(14-16(15)2)19-13-7-6-10-17-8-4-3-5-9-17/h3-5,8-9,15-16,18-19H,6-7,10-14H2,1-2H3. The Balaban J connectivity index is 1.55. The average Bonchev–Trinajstić information content (AvgIpc) is 2.43. The largest absolute Gasteiger partial charge is 0.314 e. The summed E-state index contributed by atoms with van der Waals surface area (Å²) in [4.78, 5) is 0. The van der Waals surface area contributed by atoms with E-state index in [-0.39, 0.29) is 0 Å². The van der Waals surface area contributed by atoms with Crippen molar-refractivity contribution in [3.05, 3.63) is 35.9 Å². The Morgan fingerprint density at radius 2 is 1.79 bits per heavy atom. The van der Waals surface area contributed by atoms with Crippen LogP contribution in [0.3, 0.4) is 0 Å². The molecule has 0 amide bonds. The topological polar surface area (TPSA) is 12.0 Å². The van der Waals surface area contributed by atoms with Crippen molar-refractivity contribution in [1.82, 2.24) is 5.32 Å². The van der Waals surface area contributed by atoms with Crippen molar-refractivity contribution in [1.29, 1.82) is 0 Å². The molecule has 3 unspecified atom stereocenters. The van der Waals surface area contributed by atoms with Crippen molar-refractivity contribution in [2.75, 3.05) is 6.54 Å². The molecule has 3 atom stereocenters. The van der Waals surface area contributed by atoms with Gasteiger partial charge in [-0.05, 0) is 62.5 Å². The molecule has 1 aromatic rings. The Labute approximate surface area is 118 Å². The minimum Gasteiger partial charge on any atom is -0.314 e. The molecule has 0 spiro atoms. The zero-order valence-corrected chi connectivity index (χ0v) is 12.6. The molecule has 0 bridgehead atoms. The first kappa shape index (κ1) is 14.6. The van der Waals surface area contributed by atoms with Crippen LogP contribution in [0.25, 0.3) is 0 Å². The summed E-state index contributed by atoms with van der Waals surface area (Å²) in [6, 6.07) is 11.6. The van der Waals surface area contributed by atoms with Gasteiger partial charge in [0.05, 0.1) is 0 Å². The molecule has 0 aliphatic heterocycles. The molecule has 2 rings (SSSR count). The lowest BCUT2D eigenvalue weighted by Gasteiger charge is -2.32. The Bertz CT molecular complexity index is 346. The van der Waals surface area contributed by atoms with Crippen LogP contribution >= 0.6 is 0 Å². The third kappa shape index (κ3) is 4.99. The Hall–Kier alpha value is -0.820. The summed E-state index contributed by atoms with van der Waals surface area (Å²) in [7, 11) is 0. The lowest BCUT2D eigenvalue weighted by Crippen LogP contribution is -2.36. The highest BCUT2D eigenvalue weighted by atomic mass is 14.9. The summed E-state index contributed by atoms with van der Waals surface area (Å²) in [5, 5.41) is 3.76. The number of hydrogen-bond donors (Lipinski definition) is 1. The Morgan fingerprint density at radius 3 is 2.53 bits per heavy atom. The molecule has 0 aromatic heterocycles. The summed E-state index contributed by atoms with van der Waals surface area (Å²) in [5.74, 6) is 1.83. The number of hydrogen-bond acceptors (Lipinski definition) is 1. The van der Waals surface area contributed by atoms with Gasteiger partial charge >= 0.3 is 0 Å². The maximum atomic E-state index is 3.76. The van der Waals surface area contributed by atoms with Crippen molar-refractivity contribution in [2.24, 2.45) is 11.8 Å². The van der Waals surface area contributed by atoms with Crippen LogP contribution in [0.5, 0.6) is 0 Å². The average molecular weight is 259 g/mol. The van der Waals surface area contributed by atoms with Gasteiger partial charge in [-0.15, -0.1) is 0 Å². The molecule has 1 heteroatoms. The second-order valence-corrected chi connectivity index (χ2v) is 6.36. The molecule has 19 heavy (non-hydrogen) atoms. The van der Waals surface area contributed by atoms with Crippen LogP contribution in [0.15, 0.2) is 30.3 Å². The highest BCUT2D eigenvalue weighted by Gasteiger charge is 2.23. The van der Waals surface area contributed by atoms with E-state index in [4.69, 9.17) is 0 Å². The molecule has 0 radical (unpaired) electrons. The Morgan fingerprint density at radius 1 is 1.00 bits per heavy atom. The minimum absolute atomic E-state index is 0.780. The quantitative estimate of drug-likeness (QED) is 0.746. The highest BCUT2D eigenvalue weighted by molar-refractivity contribution is 5.14. The van der Waals surface area contributed by atoms with Crippen LogP contribution in [0, 0.1) is 11.8 Å². The molecule has 1 aliphatic rings. The van der Waals surface area contributed by atoms with Crippen molar-refractivity contribution in [2.45, 2.75) is 58.4 Å². The second-order valence-electron chi connectivity index (χ2n) is 6.36. The Kier molecular flexibility index (Phi) is 5.91. The number of unbranched alkanes of at least 4 members (excludes halogenated alkanes) is 1. The molecule has 1 aliphatic carbocycles. The lowest BCUT2D eigenvalue weighted by molar-refractivity contribution is 0.226. The molecule has 0 heterocycles. The lowest BCUT2D eigenvalue weighted by atomic mass is 9.79. The predicted molar refractivity (Wildman–Crippen MR) is 83.3 cm³/mol. The van der Waals surface area contributed by atoms with Crippen LogP contribution in [-0.4, -0.2) is 12.6 Å². The van der Waals surface area contributed by atoms with Crippen LogP contribution < -0.4 is 5.32 Å². The van der Waals surface area contributed by atoms with E-state index in [1.54, 1.807) is 0 Å². The maximum Gasteiger partial charge on any atom is 0.00698 e. The van der Waals surface area contributed by atoms with E-state index in [0.717, 1.165) is 17.9 Å². The summed E-state index contributed by atoms with van der Waals surface area (Å²) in [6.07, 6.45) is 7.98. The van der Waals surface area contributed by atoms with Gasteiger partial charge in [0.15, 0.2) is 0 Å². The van der Waals surface area contributed by atoms with Gasteiger partial charge < -0.3 is 5.32 Å². The van der Waals surface area contributed by atoms with Crippen molar-refractivity contribution in [3.8, 4) is 0 Å². The zero-order valence-electron chi connectivity index (χ0n) is 12.6. The fourth-order valence-electron chi connectivity index (χ4n) is 3.14. The molecule has 106 valence electrons. The van der Waals surface area contributed by atoms with Crippen molar-refractivity contribution >= 4 is 0 Å². The van der Waals surface area contributed by atoms with Crippen LogP contribution in [0.4, 0.5) is 0 Å². The predicted octanol–water partition coefficient (Wildman–Crippen LogP) is 4.42. The van der Waals surface area contributed by atoms with E-state index in [9.17, 15) is 0 Å². The van der Waals surface area contributed by atoms with E-state index in [0.29, 0.717) is 0 Å². The van der Waals surface area contributed by atoms with Gasteiger partial charge in [-0.3, -0.25) is 0 Å². The van der Waals surface area contributed by atoms with Crippen molar-refractivity contribution in [3.63, 3.8) is 0 Å². The number of benzene rings is 1. The van der Waals surface area contributed by atoms with Gasteiger partial charge in [0.2, 0.25) is 0 Å². The summed E-state index contributed by atoms with van der Waals surface area (Å²) >= 11 is 0. The highest BCUT2D eigenvalue weighted by Crippen LogP contribution is 2.29. The molecule has 1 N–H and O–H groups in total. The monoisotopic (exact) mass is 259 g/mol. The van der Waals surface area contributed by atoms with E-state index in [1.165, 1.54) is 50.6 Å².